The van der Waals surface area contributed by atoms with E-state index in [1.54, 1.807) is 7.11 Å². The topological polar surface area (TPSA) is 51.2 Å². The number of rotatable bonds is 5. The predicted octanol–water partition coefficient (Wildman–Crippen LogP) is 5.73. The minimum atomic E-state index is -0.150. The van der Waals surface area contributed by atoms with E-state index in [1.165, 1.54) is 5.56 Å². The van der Waals surface area contributed by atoms with Crippen molar-refractivity contribution in [2.75, 3.05) is 12.4 Å². The Labute approximate surface area is 170 Å². The van der Waals surface area contributed by atoms with Gasteiger partial charge in [0, 0.05) is 16.6 Å². The van der Waals surface area contributed by atoms with Crippen molar-refractivity contribution in [1.29, 1.82) is 0 Å². The summed E-state index contributed by atoms with van der Waals surface area (Å²) in [5.41, 5.74) is 5.07. The first kappa shape index (κ1) is 18.7. The summed E-state index contributed by atoms with van der Waals surface area (Å²) in [6.07, 6.45) is 0.967. The molecule has 4 heteroatoms. The maximum absolute atomic E-state index is 13.1. The molecule has 0 aliphatic rings. The van der Waals surface area contributed by atoms with Crippen LogP contribution in [-0.2, 0) is 6.42 Å². The molecular formula is C25H22N2O2. The van der Waals surface area contributed by atoms with Crippen LogP contribution < -0.4 is 10.1 Å². The molecule has 1 amide bonds. The Morgan fingerprint density at radius 1 is 0.966 bits per heavy atom. The summed E-state index contributed by atoms with van der Waals surface area (Å²) in [5, 5.41) is 3.84. The molecule has 1 aromatic heterocycles. The summed E-state index contributed by atoms with van der Waals surface area (Å²) in [6, 6.07) is 25.2. The largest absolute Gasteiger partial charge is 0.497 e. The SMILES string of the molecule is CCc1ccc(NC(=O)c2cc(-c3ccc(OC)cc3)nc3ccccc23)cc1. The number of hydrogen-bond acceptors (Lipinski definition) is 3. The lowest BCUT2D eigenvalue weighted by molar-refractivity contribution is 0.102. The average Bonchev–Trinajstić information content (AvgIpc) is 2.79. The zero-order chi connectivity index (χ0) is 20.2. The molecule has 0 fully saturated rings. The smallest absolute Gasteiger partial charge is 0.256 e. The summed E-state index contributed by atoms with van der Waals surface area (Å²) in [5.74, 6) is 0.630. The lowest BCUT2D eigenvalue weighted by Crippen LogP contribution is -2.13. The molecule has 29 heavy (non-hydrogen) atoms. The third-order valence-corrected chi connectivity index (χ3v) is 4.97. The summed E-state index contributed by atoms with van der Waals surface area (Å²) in [4.78, 5) is 17.9. The molecule has 0 spiro atoms. The number of methoxy groups -OCH3 is 1. The molecule has 4 nitrogen and oxygen atoms in total. The van der Waals surface area contributed by atoms with Crippen molar-refractivity contribution in [2.45, 2.75) is 13.3 Å². The van der Waals surface area contributed by atoms with Gasteiger partial charge in [0.1, 0.15) is 5.75 Å². The number of fused-ring (bicyclic) bond motifs is 1. The van der Waals surface area contributed by atoms with Crippen LogP contribution in [0.25, 0.3) is 22.2 Å². The molecule has 0 aliphatic carbocycles. The highest BCUT2D eigenvalue weighted by atomic mass is 16.5. The minimum absolute atomic E-state index is 0.150. The van der Waals surface area contributed by atoms with Gasteiger partial charge in [0.2, 0.25) is 0 Å². The van der Waals surface area contributed by atoms with Gasteiger partial charge >= 0.3 is 0 Å². The number of pyridine rings is 1. The van der Waals surface area contributed by atoms with E-state index in [2.05, 4.69) is 12.2 Å². The van der Waals surface area contributed by atoms with Crippen molar-refractivity contribution in [3.05, 3.63) is 90.0 Å². The van der Waals surface area contributed by atoms with E-state index in [9.17, 15) is 4.79 Å². The van der Waals surface area contributed by atoms with Crippen molar-refractivity contribution in [1.82, 2.24) is 4.98 Å². The number of para-hydroxylation sites is 1. The van der Waals surface area contributed by atoms with E-state index in [4.69, 9.17) is 9.72 Å². The van der Waals surface area contributed by atoms with Gasteiger partial charge in [0.25, 0.3) is 5.91 Å². The van der Waals surface area contributed by atoms with Gasteiger partial charge in [-0.05, 0) is 60.5 Å². The molecule has 0 saturated heterocycles. The van der Waals surface area contributed by atoms with Gasteiger partial charge in [-0.25, -0.2) is 4.98 Å². The first-order chi connectivity index (χ1) is 14.2. The fourth-order valence-electron chi connectivity index (χ4n) is 3.30. The van der Waals surface area contributed by atoms with Gasteiger partial charge in [-0.2, -0.15) is 0 Å². The molecule has 0 unspecified atom stereocenters. The van der Waals surface area contributed by atoms with E-state index >= 15 is 0 Å². The van der Waals surface area contributed by atoms with Crippen LogP contribution in [0.5, 0.6) is 5.75 Å². The van der Waals surface area contributed by atoms with E-state index in [0.29, 0.717) is 5.56 Å². The van der Waals surface area contributed by atoms with Crippen molar-refractivity contribution < 1.29 is 9.53 Å². The number of nitrogens with zero attached hydrogens (tertiary/aromatic N) is 1. The van der Waals surface area contributed by atoms with Gasteiger partial charge in [-0.15, -0.1) is 0 Å². The number of aromatic nitrogens is 1. The highest BCUT2D eigenvalue weighted by molar-refractivity contribution is 6.13. The van der Waals surface area contributed by atoms with Crippen molar-refractivity contribution in [3.63, 3.8) is 0 Å². The van der Waals surface area contributed by atoms with Gasteiger partial charge in [-0.3, -0.25) is 4.79 Å². The van der Waals surface area contributed by atoms with Crippen molar-refractivity contribution in [3.8, 4) is 17.0 Å². The number of carbonyl (C=O) groups is 1. The molecule has 3 aromatic carbocycles. The zero-order valence-corrected chi connectivity index (χ0v) is 16.5. The Morgan fingerprint density at radius 2 is 1.69 bits per heavy atom. The van der Waals surface area contributed by atoms with E-state index in [-0.39, 0.29) is 5.91 Å². The first-order valence-corrected chi connectivity index (χ1v) is 9.62. The molecule has 1 N–H and O–H groups in total. The van der Waals surface area contributed by atoms with Gasteiger partial charge < -0.3 is 10.1 Å². The minimum Gasteiger partial charge on any atom is -0.497 e. The second-order valence-electron chi connectivity index (χ2n) is 6.81. The van der Waals surface area contributed by atoms with Crippen LogP contribution in [0.4, 0.5) is 5.69 Å². The van der Waals surface area contributed by atoms with E-state index in [1.807, 2.05) is 78.9 Å². The number of hydrogen-bond donors (Lipinski definition) is 1. The van der Waals surface area contributed by atoms with Crippen LogP contribution in [0, 0.1) is 0 Å². The molecule has 1 heterocycles. The number of amides is 1. The Morgan fingerprint density at radius 3 is 2.38 bits per heavy atom. The van der Waals surface area contributed by atoms with Gasteiger partial charge in [0.05, 0.1) is 23.9 Å². The fraction of sp³-hybridized carbons (Fsp3) is 0.120. The van der Waals surface area contributed by atoms with Crippen LogP contribution in [0.3, 0.4) is 0 Å². The van der Waals surface area contributed by atoms with Crippen LogP contribution in [0.15, 0.2) is 78.9 Å². The number of carbonyl (C=O) groups excluding carboxylic acids is 1. The standard InChI is InChI=1S/C25H22N2O2/c1-3-17-8-12-19(13-9-17)26-25(28)22-16-24(18-10-14-20(29-2)15-11-18)27-23-7-5-4-6-21(22)23/h4-16H,3H2,1-2H3,(H,26,28). The predicted molar refractivity (Wildman–Crippen MR) is 118 cm³/mol. The maximum Gasteiger partial charge on any atom is 0.256 e. The lowest BCUT2D eigenvalue weighted by atomic mass is 10.0. The van der Waals surface area contributed by atoms with Crippen molar-refractivity contribution in [2.24, 2.45) is 0 Å². The fourth-order valence-corrected chi connectivity index (χ4v) is 3.30. The second kappa shape index (κ2) is 8.15. The molecule has 144 valence electrons. The number of aryl methyl sites for hydroxylation is 1. The van der Waals surface area contributed by atoms with Crippen LogP contribution in [-0.4, -0.2) is 18.0 Å². The van der Waals surface area contributed by atoms with Crippen LogP contribution >= 0.6 is 0 Å². The number of nitrogens with one attached hydrogen (secondary N) is 1. The molecular weight excluding hydrogens is 360 g/mol. The Hall–Kier alpha value is -3.66. The summed E-state index contributed by atoms with van der Waals surface area (Å²) in [6.45, 7) is 2.11. The summed E-state index contributed by atoms with van der Waals surface area (Å²) >= 11 is 0. The molecule has 0 aliphatic heterocycles. The third-order valence-electron chi connectivity index (χ3n) is 4.97. The number of ether oxygens (including phenoxy) is 1. The third kappa shape index (κ3) is 3.97. The van der Waals surface area contributed by atoms with Crippen LogP contribution in [0.2, 0.25) is 0 Å². The number of benzene rings is 3. The number of anilines is 1. The Bertz CT molecular complexity index is 1150. The highest BCUT2D eigenvalue weighted by Crippen LogP contribution is 2.27. The zero-order valence-electron chi connectivity index (χ0n) is 16.5. The van der Waals surface area contributed by atoms with Gasteiger partial charge in [0.15, 0.2) is 0 Å². The normalized spacial score (nSPS) is 10.7. The quantitative estimate of drug-likeness (QED) is 0.480. The van der Waals surface area contributed by atoms with Crippen molar-refractivity contribution >= 4 is 22.5 Å². The Kier molecular flexibility index (Phi) is 5.25. The molecule has 4 rings (SSSR count). The second-order valence-corrected chi connectivity index (χ2v) is 6.81. The summed E-state index contributed by atoms with van der Waals surface area (Å²) in [7, 11) is 1.64. The molecule has 0 atom stereocenters. The molecule has 0 saturated carbocycles. The first-order valence-electron chi connectivity index (χ1n) is 9.62. The van der Waals surface area contributed by atoms with E-state index < -0.39 is 0 Å². The summed E-state index contributed by atoms with van der Waals surface area (Å²) < 4.78 is 5.24. The molecule has 4 aromatic rings. The maximum atomic E-state index is 13.1. The van der Waals surface area contributed by atoms with Gasteiger partial charge in [-0.1, -0.05) is 37.3 Å². The lowest BCUT2D eigenvalue weighted by Gasteiger charge is -2.11. The van der Waals surface area contributed by atoms with Crippen LogP contribution in [0.1, 0.15) is 22.8 Å². The van der Waals surface area contributed by atoms with E-state index in [0.717, 1.165) is 40.0 Å². The molecule has 0 bridgehead atoms. The molecule has 0 radical (unpaired) electrons. The highest BCUT2D eigenvalue weighted by Gasteiger charge is 2.14. The monoisotopic (exact) mass is 382 g/mol. The average molecular weight is 382 g/mol. The Balaban J connectivity index is 1.74.